The molecule has 4 unspecified atom stereocenters. The Bertz CT molecular complexity index is 1050. The van der Waals surface area contributed by atoms with Crippen LogP contribution in [0.15, 0.2) is 54.6 Å². The Hall–Kier alpha value is -2.99. The fourth-order valence-electron chi connectivity index (χ4n) is 5.63. The van der Waals surface area contributed by atoms with E-state index in [0.29, 0.717) is 24.6 Å². The third-order valence-electron chi connectivity index (χ3n) is 6.91. The van der Waals surface area contributed by atoms with Gasteiger partial charge in [-0.1, -0.05) is 62.4 Å². The fraction of sp³-hybridized carbons (Fsp3) is 0.400. The minimum Gasteiger partial charge on any atom is -0.324 e. The normalized spacial score (nSPS) is 29.1. The van der Waals surface area contributed by atoms with Crippen molar-refractivity contribution in [3.05, 3.63) is 65.7 Å². The number of likely N-dealkylation sites (tertiary alicyclic amines) is 1. The van der Waals surface area contributed by atoms with E-state index < -0.39 is 17.4 Å². The average Bonchev–Trinajstić information content (AvgIpc) is 3.32. The van der Waals surface area contributed by atoms with Crippen LogP contribution in [0.25, 0.3) is 0 Å². The lowest BCUT2D eigenvalue weighted by molar-refractivity contribution is -0.142. The molecule has 3 aliphatic heterocycles. The number of rotatable bonds is 5. The number of para-hydroxylation sites is 1. The van der Waals surface area contributed by atoms with E-state index in [-0.39, 0.29) is 23.8 Å². The van der Waals surface area contributed by atoms with Gasteiger partial charge in [0, 0.05) is 23.8 Å². The Morgan fingerprint density at radius 3 is 2.42 bits per heavy atom. The molecule has 0 aliphatic carbocycles. The zero-order valence-electron chi connectivity index (χ0n) is 17.8. The SMILES string of the molecule is CC(C)CC1NC2(C(=O)Nc3ccccc32)C2C(=O)N(CCc3ccccc3)C(=O)C12. The van der Waals surface area contributed by atoms with Crippen LogP contribution in [0.4, 0.5) is 5.69 Å². The third-order valence-corrected chi connectivity index (χ3v) is 6.91. The van der Waals surface area contributed by atoms with Gasteiger partial charge in [-0.05, 0) is 30.4 Å². The van der Waals surface area contributed by atoms with Gasteiger partial charge < -0.3 is 5.32 Å². The van der Waals surface area contributed by atoms with Crippen LogP contribution in [-0.2, 0) is 26.3 Å². The highest BCUT2D eigenvalue weighted by molar-refractivity contribution is 6.15. The molecule has 31 heavy (non-hydrogen) atoms. The van der Waals surface area contributed by atoms with E-state index in [1.165, 1.54) is 4.90 Å². The quantitative estimate of drug-likeness (QED) is 0.734. The molecule has 1 spiro atoms. The third kappa shape index (κ3) is 2.92. The molecule has 3 amide bonds. The lowest BCUT2D eigenvalue weighted by Gasteiger charge is -2.29. The summed E-state index contributed by atoms with van der Waals surface area (Å²) in [7, 11) is 0. The van der Waals surface area contributed by atoms with Crippen molar-refractivity contribution in [2.45, 2.75) is 38.3 Å². The second kappa shape index (κ2) is 7.31. The number of amides is 3. The molecule has 0 saturated carbocycles. The molecule has 2 fully saturated rings. The van der Waals surface area contributed by atoms with Crippen LogP contribution in [0.5, 0.6) is 0 Å². The topological polar surface area (TPSA) is 78.5 Å². The van der Waals surface area contributed by atoms with E-state index in [2.05, 4.69) is 24.5 Å². The van der Waals surface area contributed by atoms with Crippen LogP contribution in [0, 0.1) is 17.8 Å². The molecule has 0 aromatic heterocycles. The van der Waals surface area contributed by atoms with Gasteiger partial charge in [0.05, 0.1) is 11.8 Å². The summed E-state index contributed by atoms with van der Waals surface area (Å²) >= 11 is 0. The minimum atomic E-state index is -1.19. The number of anilines is 1. The van der Waals surface area contributed by atoms with Gasteiger partial charge in [-0.15, -0.1) is 0 Å². The first-order chi connectivity index (χ1) is 14.9. The molecule has 160 valence electrons. The summed E-state index contributed by atoms with van der Waals surface area (Å²) in [6.45, 7) is 4.53. The number of hydrogen-bond donors (Lipinski definition) is 2. The molecule has 4 atom stereocenters. The summed E-state index contributed by atoms with van der Waals surface area (Å²) in [4.78, 5) is 41.9. The number of carbonyl (C=O) groups excluding carboxylic acids is 3. The monoisotopic (exact) mass is 417 g/mol. The summed E-state index contributed by atoms with van der Waals surface area (Å²) in [5.41, 5.74) is 1.38. The van der Waals surface area contributed by atoms with Crippen molar-refractivity contribution in [2.75, 3.05) is 11.9 Å². The predicted octanol–water partition coefficient (Wildman–Crippen LogP) is 2.70. The molecular formula is C25H27N3O3. The van der Waals surface area contributed by atoms with Gasteiger partial charge in [-0.2, -0.15) is 0 Å². The smallest absolute Gasteiger partial charge is 0.250 e. The Labute approximate surface area is 182 Å². The maximum atomic E-state index is 13.7. The lowest BCUT2D eigenvalue weighted by atomic mass is 9.76. The van der Waals surface area contributed by atoms with Crippen LogP contribution in [0.3, 0.4) is 0 Å². The molecule has 5 rings (SSSR count). The van der Waals surface area contributed by atoms with Gasteiger partial charge in [0.15, 0.2) is 0 Å². The van der Waals surface area contributed by atoms with Gasteiger partial charge in [-0.25, -0.2) is 0 Å². The highest BCUT2D eigenvalue weighted by Gasteiger charge is 2.70. The zero-order chi connectivity index (χ0) is 21.8. The van der Waals surface area contributed by atoms with Crippen LogP contribution in [-0.4, -0.2) is 35.2 Å². The second-order valence-corrected chi connectivity index (χ2v) is 9.26. The van der Waals surface area contributed by atoms with Crippen LogP contribution >= 0.6 is 0 Å². The standard InChI is InChI=1S/C25H27N3O3/c1-15(2)14-19-20-21(25(27-19)17-10-6-7-11-18(17)26-24(25)31)23(30)28(22(20)29)13-12-16-8-4-3-5-9-16/h3-11,15,19-21,27H,12-14H2,1-2H3,(H,26,31). The summed E-state index contributed by atoms with van der Waals surface area (Å²) in [6.07, 6.45) is 1.33. The molecule has 6 heteroatoms. The molecule has 0 bridgehead atoms. The summed E-state index contributed by atoms with van der Waals surface area (Å²) in [5, 5.41) is 6.42. The predicted molar refractivity (Wildman–Crippen MR) is 117 cm³/mol. The largest absolute Gasteiger partial charge is 0.324 e. The zero-order valence-corrected chi connectivity index (χ0v) is 17.8. The second-order valence-electron chi connectivity index (χ2n) is 9.26. The number of imide groups is 1. The van der Waals surface area contributed by atoms with Gasteiger partial charge in [0.1, 0.15) is 5.54 Å². The number of fused-ring (bicyclic) bond motifs is 4. The molecule has 0 radical (unpaired) electrons. The van der Waals surface area contributed by atoms with Crippen molar-refractivity contribution in [2.24, 2.45) is 17.8 Å². The average molecular weight is 418 g/mol. The minimum absolute atomic E-state index is 0.155. The molecule has 2 saturated heterocycles. The van der Waals surface area contributed by atoms with Crippen molar-refractivity contribution in [3.63, 3.8) is 0 Å². The van der Waals surface area contributed by atoms with Crippen LogP contribution in [0.1, 0.15) is 31.4 Å². The highest BCUT2D eigenvalue weighted by Crippen LogP contribution is 2.53. The molecular weight excluding hydrogens is 390 g/mol. The van der Waals surface area contributed by atoms with Crippen molar-refractivity contribution in [3.8, 4) is 0 Å². The first kappa shape index (κ1) is 19.9. The van der Waals surface area contributed by atoms with Gasteiger partial charge in [0.25, 0.3) is 0 Å². The van der Waals surface area contributed by atoms with Crippen molar-refractivity contribution < 1.29 is 14.4 Å². The first-order valence-corrected chi connectivity index (χ1v) is 11.0. The Kier molecular flexibility index (Phi) is 4.70. The van der Waals surface area contributed by atoms with E-state index in [0.717, 1.165) is 17.5 Å². The van der Waals surface area contributed by atoms with E-state index in [9.17, 15) is 14.4 Å². The molecule has 3 heterocycles. The maximum Gasteiger partial charge on any atom is 0.250 e. The van der Waals surface area contributed by atoms with Crippen LogP contribution in [0.2, 0.25) is 0 Å². The van der Waals surface area contributed by atoms with Crippen molar-refractivity contribution in [1.29, 1.82) is 0 Å². The Balaban J connectivity index is 1.53. The Morgan fingerprint density at radius 1 is 0.968 bits per heavy atom. The molecule has 2 N–H and O–H groups in total. The molecule has 3 aliphatic rings. The van der Waals surface area contributed by atoms with Crippen molar-refractivity contribution >= 4 is 23.4 Å². The maximum absolute atomic E-state index is 13.7. The summed E-state index contributed by atoms with van der Waals surface area (Å²) in [5.74, 6) is -1.55. The van der Waals surface area contributed by atoms with Crippen LogP contribution < -0.4 is 10.6 Å². The summed E-state index contributed by atoms with van der Waals surface area (Å²) in [6, 6.07) is 17.1. The van der Waals surface area contributed by atoms with Gasteiger partial charge in [0.2, 0.25) is 17.7 Å². The number of nitrogens with zero attached hydrogens (tertiary/aromatic N) is 1. The van der Waals surface area contributed by atoms with E-state index in [4.69, 9.17) is 0 Å². The molecule has 2 aromatic rings. The molecule has 2 aromatic carbocycles. The van der Waals surface area contributed by atoms with Gasteiger partial charge >= 0.3 is 0 Å². The molecule has 6 nitrogen and oxygen atoms in total. The first-order valence-electron chi connectivity index (χ1n) is 11.0. The summed E-state index contributed by atoms with van der Waals surface area (Å²) < 4.78 is 0. The van der Waals surface area contributed by atoms with E-state index >= 15 is 0 Å². The van der Waals surface area contributed by atoms with E-state index in [1.807, 2.05) is 54.6 Å². The van der Waals surface area contributed by atoms with Crippen molar-refractivity contribution in [1.82, 2.24) is 10.2 Å². The lowest BCUT2D eigenvalue weighted by Crippen LogP contribution is -2.53. The number of nitrogens with one attached hydrogen (secondary N) is 2. The number of benzene rings is 2. The van der Waals surface area contributed by atoms with Gasteiger partial charge in [-0.3, -0.25) is 24.6 Å². The number of hydrogen-bond acceptors (Lipinski definition) is 4. The van der Waals surface area contributed by atoms with E-state index in [1.54, 1.807) is 0 Å². The Morgan fingerprint density at radius 2 is 1.68 bits per heavy atom. The number of carbonyl (C=O) groups is 3. The highest BCUT2D eigenvalue weighted by atomic mass is 16.2. The fourth-order valence-corrected chi connectivity index (χ4v) is 5.63.